The van der Waals surface area contributed by atoms with Crippen molar-refractivity contribution < 1.29 is 19.4 Å². The Balaban J connectivity index is 2.42. The second-order valence-corrected chi connectivity index (χ2v) is 3.69. The van der Waals surface area contributed by atoms with Crippen LogP contribution in [0.3, 0.4) is 0 Å². The Labute approximate surface area is 88.8 Å². The van der Waals surface area contributed by atoms with Gasteiger partial charge in [0, 0.05) is 6.61 Å². The Kier molecular flexibility index (Phi) is 4.55. The average Bonchev–Trinajstić information content (AvgIpc) is 2.69. The van der Waals surface area contributed by atoms with Gasteiger partial charge in [0.05, 0.1) is 0 Å². The molecular formula is C10H17NO4. The minimum absolute atomic E-state index is 0.298. The molecule has 0 spiro atoms. The molecule has 1 saturated heterocycles. The van der Waals surface area contributed by atoms with E-state index in [-0.39, 0.29) is 5.91 Å². The second kappa shape index (κ2) is 5.70. The number of hydrogen-bond acceptors (Lipinski definition) is 3. The summed E-state index contributed by atoms with van der Waals surface area (Å²) in [5, 5.41) is 11.3. The summed E-state index contributed by atoms with van der Waals surface area (Å²) in [6.45, 7) is 2.47. The Hall–Kier alpha value is -1.10. The van der Waals surface area contributed by atoms with Crippen LogP contribution in [0.15, 0.2) is 0 Å². The molecule has 5 nitrogen and oxygen atoms in total. The Morgan fingerprint density at radius 2 is 2.33 bits per heavy atom. The van der Waals surface area contributed by atoms with Crippen molar-refractivity contribution in [1.29, 1.82) is 0 Å². The molecule has 0 bridgehead atoms. The third-order valence-corrected chi connectivity index (χ3v) is 2.41. The van der Waals surface area contributed by atoms with Gasteiger partial charge in [-0.15, -0.1) is 0 Å². The van der Waals surface area contributed by atoms with Gasteiger partial charge in [-0.1, -0.05) is 13.3 Å². The molecule has 1 aliphatic heterocycles. The lowest BCUT2D eigenvalue weighted by Crippen LogP contribution is -2.45. The zero-order chi connectivity index (χ0) is 11.3. The molecule has 1 fully saturated rings. The summed E-state index contributed by atoms with van der Waals surface area (Å²) in [7, 11) is 0. The van der Waals surface area contributed by atoms with Crippen LogP contribution in [0, 0.1) is 0 Å². The van der Waals surface area contributed by atoms with Crippen LogP contribution in [0.2, 0.25) is 0 Å². The first kappa shape index (κ1) is 12.0. The molecule has 5 heteroatoms. The van der Waals surface area contributed by atoms with E-state index in [1.165, 1.54) is 0 Å². The highest BCUT2D eigenvalue weighted by Gasteiger charge is 2.27. The lowest BCUT2D eigenvalue weighted by Gasteiger charge is -2.16. The third-order valence-electron chi connectivity index (χ3n) is 2.41. The maximum atomic E-state index is 11.5. The first-order valence-corrected chi connectivity index (χ1v) is 5.30. The first-order valence-electron chi connectivity index (χ1n) is 5.30. The van der Waals surface area contributed by atoms with Crippen LogP contribution in [0.4, 0.5) is 0 Å². The molecule has 15 heavy (non-hydrogen) atoms. The predicted molar refractivity (Wildman–Crippen MR) is 53.4 cm³/mol. The van der Waals surface area contributed by atoms with Crippen LogP contribution in [0.25, 0.3) is 0 Å². The van der Waals surface area contributed by atoms with Gasteiger partial charge in [0.25, 0.3) is 0 Å². The number of carbonyl (C=O) groups excluding carboxylic acids is 1. The van der Waals surface area contributed by atoms with Crippen LogP contribution in [0.1, 0.15) is 32.6 Å². The van der Waals surface area contributed by atoms with Gasteiger partial charge < -0.3 is 15.2 Å². The molecule has 1 amide bonds. The summed E-state index contributed by atoms with van der Waals surface area (Å²) >= 11 is 0. The maximum absolute atomic E-state index is 11.5. The first-order chi connectivity index (χ1) is 7.15. The summed E-state index contributed by atoms with van der Waals surface area (Å²) in [4.78, 5) is 22.3. The van der Waals surface area contributed by atoms with Crippen LogP contribution in [0.5, 0.6) is 0 Å². The van der Waals surface area contributed by atoms with Crippen molar-refractivity contribution >= 4 is 11.9 Å². The molecule has 86 valence electrons. The largest absolute Gasteiger partial charge is 0.480 e. The summed E-state index contributed by atoms with van der Waals surface area (Å²) in [6.07, 6.45) is 2.27. The number of ether oxygens (including phenoxy) is 1. The Bertz CT molecular complexity index is 236. The van der Waals surface area contributed by atoms with E-state index in [9.17, 15) is 9.59 Å². The quantitative estimate of drug-likeness (QED) is 0.701. The van der Waals surface area contributed by atoms with Gasteiger partial charge in [0.1, 0.15) is 12.1 Å². The lowest BCUT2D eigenvalue weighted by molar-refractivity contribution is -0.143. The van der Waals surface area contributed by atoms with Gasteiger partial charge in [-0.3, -0.25) is 4.79 Å². The monoisotopic (exact) mass is 215 g/mol. The number of carboxylic acid groups (broad SMARTS) is 1. The molecule has 1 rings (SSSR count). The van der Waals surface area contributed by atoms with E-state index in [2.05, 4.69) is 5.32 Å². The topological polar surface area (TPSA) is 75.6 Å². The van der Waals surface area contributed by atoms with Crippen molar-refractivity contribution in [1.82, 2.24) is 5.32 Å². The van der Waals surface area contributed by atoms with Gasteiger partial charge in [-0.25, -0.2) is 4.79 Å². The van der Waals surface area contributed by atoms with Crippen molar-refractivity contribution in [3.8, 4) is 0 Å². The number of rotatable bonds is 5. The van der Waals surface area contributed by atoms with E-state index in [1.54, 1.807) is 0 Å². The smallest absolute Gasteiger partial charge is 0.326 e. The number of hydrogen-bond donors (Lipinski definition) is 2. The van der Waals surface area contributed by atoms with Crippen LogP contribution < -0.4 is 5.32 Å². The van der Waals surface area contributed by atoms with E-state index >= 15 is 0 Å². The molecule has 0 aromatic rings. The normalized spacial score (nSPS) is 22.3. The standard InChI is InChI=1S/C10H17NO4/c1-2-4-7(10(13)14)11-9(12)8-5-3-6-15-8/h7-8H,2-6H2,1H3,(H,11,12)(H,13,14)/t7-,8?/m1/s1. The van der Waals surface area contributed by atoms with Gasteiger partial charge in [-0.05, 0) is 19.3 Å². The van der Waals surface area contributed by atoms with E-state index in [4.69, 9.17) is 9.84 Å². The number of aliphatic carboxylic acids is 1. The van der Waals surface area contributed by atoms with E-state index < -0.39 is 18.1 Å². The van der Waals surface area contributed by atoms with Gasteiger partial charge in [0.15, 0.2) is 0 Å². The highest BCUT2D eigenvalue weighted by molar-refractivity contribution is 5.86. The summed E-state index contributed by atoms with van der Waals surface area (Å²) < 4.78 is 5.17. The molecule has 0 saturated carbocycles. The molecule has 1 unspecified atom stereocenters. The number of carbonyl (C=O) groups is 2. The molecule has 2 N–H and O–H groups in total. The summed E-state index contributed by atoms with van der Waals surface area (Å²) in [5.74, 6) is -1.28. The highest BCUT2D eigenvalue weighted by atomic mass is 16.5. The highest BCUT2D eigenvalue weighted by Crippen LogP contribution is 2.12. The number of nitrogens with one attached hydrogen (secondary N) is 1. The molecule has 0 aromatic heterocycles. The second-order valence-electron chi connectivity index (χ2n) is 3.69. The predicted octanol–water partition coefficient (Wildman–Crippen LogP) is 0.535. The Morgan fingerprint density at radius 1 is 1.60 bits per heavy atom. The summed E-state index contributed by atoms with van der Waals surface area (Å²) in [6, 6.07) is -0.785. The molecular weight excluding hydrogens is 198 g/mol. The molecule has 2 atom stereocenters. The zero-order valence-electron chi connectivity index (χ0n) is 8.86. The molecule has 0 radical (unpaired) electrons. The minimum Gasteiger partial charge on any atom is -0.480 e. The average molecular weight is 215 g/mol. The maximum Gasteiger partial charge on any atom is 0.326 e. The number of amides is 1. The van der Waals surface area contributed by atoms with Crippen molar-refractivity contribution in [2.24, 2.45) is 0 Å². The van der Waals surface area contributed by atoms with Gasteiger partial charge >= 0.3 is 5.97 Å². The van der Waals surface area contributed by atoms with Crippen molar-refractivity contribution in [3.05, 3.63) is 0 Å². The van der Waals surface area contributed by atoms with Gasteiger partial charge in [0.2, 0.25) is 5.91 Å². The third kappa shape index (κ3) is 3.51. The fourth-order valence-corrected chi connectivity index (χ4v) is 1.60. The van der Waals surface area contributed by atoms with Crippen LogP contribution in [-0.4, -0.2) is 35.7 Å². The summed E-state index contributed by atoms with van der Waals surface area (Å²) in [5.41, 5.74) is 0. The molecule has 1 aliphatic rings. The zero-order valence-corrected chi connectivity index (χ0v) is 8.86. The van der Waals surface area contributed by atoms with Crippen LogP contribution >= 0.6 is 0 Å². The van der Waals surface area contributed by atoms with E-state index in [0.717, 1.165) is 12.8 Å². The molecule has 0 aliphatic carbocycles. The van der Waals surface area contributed by atoms with E-state index in [1.807, 2.05) is 6.92 Å². The SMILES string of the molecule is CCC[C@@H](NC(=O)C1CCCO1)C(=O)O. The van der Waals surface area contributed by atoms with Crippen molar-refractivity contribution in [2.45, 2.75) is 44.8 Å². The fraction of sp³-hybridized carbons (Fsp3) is 0.800. The number of carboxylic acids is 1. The van der Waals surface area contributed by atoms with Crippen molar-refractivity contribution in [3.63, 3.8) is 0 Å². The van der Waals surface area contributed by atoms with Crippen molar-refractivity contribution in [2.75, 3.05) is 6.61 Å². The molecule has 1 heterocycles. The lowest BCUT2D eigenvalue weighted by atomic mass is 10.1. The fourth-order valence-electron chi connectivity index (χ4n) is 1.60. The van der Waals surface area contributed by atoms with Crippen LogP contribution in [-0.2, 0) is 14.3 Å². The Morgan fingerprint density at radius 3 is 2.80 bits per heavy atom. The van der Waals surface area contributed by atoms with Gasteiger partial charge in [-0.2, -0.15) is 0 Å². The molecule has 0 aromatic carbocycles. The minimum atomic E-state index is -0.983. The van der Waals surface area contributed by atoms with E-state index in [0.29, 0.717) is 19.4 Å².